The van der Waals surface area contributed by atoms with Crippen LogP contribution in [0.3, 0.4) is 0 Å². The summed E-state index contributed by atoms with van der Waals surface area (Å²) in [5.74, 6) is 0.222. The van der Waals surface area contributed by atoms with Gasteiger partial charge in [0.25, 0.3) is 0 Å². The highest BCUT2D eigenvalue weighted by Gasteiger charge is 2.30. The van der Waals surface area contributed by atoms with Gasteiger partial charge in [-0.2, -0.15) is 0 Å². The van der Waals surface area contributed by atoms with E-state index < -0.39 is 6.10 Å². The fourth-order valence-electron chi connectivity index (χ4n) is 4.44. The number of nitrogens with zero attached hydrogens (tertiary/aromatic N) is 2. The van der Waals surface area contributed by atoms with E-state index in [-0.39, 0.29) is 17.8 Å². The molecule has 0 bridgehead atoms. The van der Waals surface area contributed by atoms with Gasteiger partial charge in [0, 0.05) is 32.2 Å². The van der Waals surface area contributed by atoms with Crippen molar-refractivity contribution in [1.29, 1.82) is 0 Å². The monoisotopic (exact) mass is 402 g/mol. The van der Waals surface area contributed by atoms with E-state index in [0.717, 1.165) is 31.7 Å². The van der Waals surface area contributed by atoms with Crippen LogP contribution in [0.25, 0.3) is 0 Å². The van der Waals surface area contributed by atoms with E-state index in [1.807, 2.05) is 0 Å². The van der Waals surface area contributed by atoms with Crippen LogP contribution in [-0.2, 0) is 0 Å². The molecule has 4 heteroatoms. The number of hydrogen-bond acceptors (Lipinski definition) is 4. The minimum Gasteiger partial charge on any atom is -0.508 e. The minimum absolute atomic E-state index is 0.0172. The lowest BCUT2D eigenvalue weighted by Crippen LogP contribution is -2.51. The lowest BCUT2D eigenvalue weighted by atomic mass is 9.96. The van der Waals surface area contributed by atoms with Gasteiger partial charge in [-0.15, -0.1) is 0 Å². The number of phenols is 1. The van der Waals surface area contributed by atoms with Gasteiger partial charge in [-0.3, -0.25) is 9.80 Å². The van der Waals surface area contributed by atoms with Crippen LogP contribution in [0.4, 0.5) is 0 Å². The molecule has 0 spiro atoms. The van der Waals surface area contributed by atoms with Gasteiger partial charge >= 0.3 is 0 Å². The number of benzene rings is 3. The summed E-state index contributed by atoms with van der Waals surface area (Å²) in [6.45, 7) is 5.79. The maximum atomic E-state index is 10.8. The zero-order chi connectivity index (χ0) is 20.9. The zero-order valence-corrected chi connectivity index (χ0v) is 17.4. The molecular formula is C26H30N2O2. The average Bonchev–Trinajstić information content (AvgIpc) is 2.81. The Bertz CT molecular complexity index is 867. The van der Waals surface area contributed by atoms with Crippen LogP contribution in [0.5, 0.6) is 5.75 Å². The topological polar surface area (TPSA) is 46.9 Å². The standard InChI is InChI=1S/C26H30N2O2/c1-20(26(30)23-12-14-24(29)15-13-23)27-16-18-28(19-17-27)25(21-8-4-2-5-9-21)22-10-6-3-7-11-22/h2-15,20,25-26,29-30H,16-19H2,1H3. The molecule has 1 heterocycles. The van der Waals surface area contributed by atoms with Crippen molar-refractivity contribution >= 4 is 0 Å². The van der Waals surface area contributed by atoms with Crippen molar-refractivity contribution < 1.29 is 10.2 Å². The van der Waals surface area contributed by atoms with Crippen LogP contribution < -0.4 is 0 Å². The van der Waals surface area contributed by atoms with E-state index >= 15 is 0 Å². The molecule has 156 valence electrons. The second-order valence-electron chi connectivity index (χ2n) is 8.07. The highest BCUT2D eigenvalue weighted by Crippen LogP contribution is 2.31. The van der Waals surface area contributed by atoms with E-state index in [4.69, 9.17) is 0 Å². The Morgan fingerprint density at radius 3 is 1.60 bits per heavy atom. The molecule has 0 radical (unpaired) electrons. The molecule has 1 aliphatic heterocycles. The molecule has 1 aliphatic rings. The summed E-state index contributed by atoms with van der Waals surface area (Å²) >= 11 is 0. The summed E-state index contributed by atoms with van der Waals surface area (Å²) in [4.78, 5) is 4.90. The summed E-state index contributed by atoms with van der Waals surface area (Å²) in [6.07, 6.45) is -0.573. The molecule has 2 unspecified atom stereocenters. The quantitative estimate of drug-likeness (QED) is 0.648. The smallest absolute Gasteiger partial charge is 0.115 e. The van der Waals surface area contributed by atoms with Crippen LogP contribution in [0.2, 0.25) is 0 Å². The SMILES string of the molecule is CC(C(O)c1ccc(O)cc1)N1CCN(C(c2ccccc2)c2ccccc2)CC1. The van der Waals surface area contributed by atoms with Crippen molar-refractivity contribution in [3.05, 3.63) is 102 Å². The molecule has 4 nitrogen and oxygen atoms in total. The van der Waals surface area contributed by atoms with Crippen LogP contribution >= 0.6 is 0 Å². The highest BCUT2D eigenvalue weighted by molar-refractivity contribution is 5.32. The number of aromatic hydroxyl groups is 1. The fraction of sp³-hybridized carbons (Fsp3) is 0.308. The second-order valence-corrected chi connectivity index (χ2v) is 8.07. The number of rotatable bonds is 6. The van der Waals surface area contributed by atoms with E-state index in [1.165, 1.54) is 11.1 Å². The first kappa shape index (κ1) is 20.6. The molecule has 4 rings (SSSR count). The van der Waals surface area contributed by atoms with E-state index in [1.54, 1.807) is 24.3 Å². The van der Waals surface area contributed by atoms with Crippen molar-refractivity contribution in [1.82, 2.24) is 9.80 Å². The zero-order valence-electron chi connectivity index (χ0n) is 17.4. The van der Waals surface area contributed by atoms with Crippen LogP contribution in [-0.4, -0.2) is 52.2 Å². The Kier molecular flexibility index (Phi) is 6.48. The molecular weight excluding hydrogens is 372 g/mol. The molecule has 0 amide bonds. The van der Waals surface area contributed by atoms with Gasteiger partial charge in [-0.1, -0.05) is 72.8 Å². The van der Waals surface area contributed by atoms with Crippen molar-refractivity contribution in [2.75, 3.05) is 26.2 Å². The first-order valence-electron chi connectivity index (χ1n) is 10.7. The summed E-state index contributed by atoms with van der Waals surface area (Å²) in [6, 6.07) is 28.5. The predicted molar refractivity (Wildman–Crippen MR) is 120 cm³/mol. The molecule has 1 fully saturated rings. The van der Waals surface area contributed by atoms with Gasteiger partial charge in [-0.05, 0) is 35.7 Å². The van der Waals surface area contributed by atoms with Gasteiger partial charge in [0.1, 0.15) is 5.75 Å². The van der Waals surface area contributed by atoms with E-state index in [0.29, 0.717) is 0 Å². The first-order chi connectivity index (χ1) is 14.6. The largest absolute Gasteiger partial charge is 0.508 e. The van der Waals surface area contributed by atoms with Crippen molar-refractivity contribution in [2.45, 2.75) is 25.1 Å². The summed E-state index contributed by atoms with van der Waals surface area (Å²) in [7, 11) is 0. The minimum atomic E-state index is -0.573. The normalized spacial score (nSPS) is 17.7. The maximum Gasteiger partial charge on any atom is 0.115 e. The van der Waals surface area contributed by atoms with Gasteiger partial charge in [0.15, 0.2) is 0 Å². The van der Waals surface area contributed by atoms with E-state index in [2.05, 4.69) is 77.4 Å². The van der Waals surface area contributed by atoms with Gasteiger partial charge in [0.05, 0.1) is 12.1 Å². The predicted octanol–water partition coefficient (Wildman–Crippen LogP) is 4.22. The second kappa shape index (κ2) is 9.43. The molecule has 2 atom stereocenters. The average molecular weight is 403 g/mol. The third-order valence-corrected chi connectivity index (χ3v) is 6.21. The van der Waals surface area contributed by atoms with Gasteiger partial charge < -0.3 is 10.2 Å². The van der Waals surface area contributed by atoms with Crippen LogP contribution in [0.15, 0.2) is 84.9 Å². The number of hydrogen-bond donors (Lipinski definition) is 2. The Morgan fingerprint density at radius 2 is 1.10 bits per heavy atom. The van der Waals surface area contributed by atoms with Gasteiger partial charge in [-0.25, -0.2) is 0 Å². The number of piperazine rings is 1. The third kappa shape index (κ3) is 4.57. The van der Waals surface area contributed by atoms with E-state index in [9.17, 15) is 10.2 Å². The van der Waals surface area contributed by atoms with Gasteiger partial charge in [0.2, 0.25) is 0 Å². The Balaban J connectivity index is 1.46. The lowest BCUT2D eigenvalue weighted by Gasteiger charge is -2.43. The van der Waals surface area contributed by atoms with Crippen molar-refractivity contribution in [3.8, 4) is 5.75 Å². The molecule has 3 aromatic rings. The molecule has 0 saturated carbocycles. The fourth-order valence-corrected chi connectivity index (χ4v) is 4.44. The Labute approximate surface area is 179 Å². The molecule has 0 aliphatic carbocycles. The molecule has 0 aromatic heterocycles. The molecule has 1 saturated heterocycles. The highest BCUT2D eigenvalue weighted by atomic mass is 16.3. The molecule has 3 aromatic carbocycles. The number of aliphatic hydroxyl groups is 1. The lowest BCUT2D eigenvalue weighted by molar-refractivity contribution is 0.0195. The Morgan fingerprint density at radius 1 is 0.633 bits per heavy atom. The number of phenolic OH excluding ortho intramolecular Hbond substituents is 1. The third-order valence-electron chi connectivity index (χ3n) is 6.21. The number of aliphatic hydroxyl groups excluding tert-OH is 1. The summed E-state index contributed by atoms with van der Waals surface area (Å²) in [5, 5.41) is 20.3. The summed E-state index contributed by atoms with van der Waals surface area (Å²) in [5.41, 5.74) is 3.47. The summed E-state index contributed by atoms with van der Waals surface area (Å²) < 4.78 is 0. The first-order valence-corrected chi connectivity index (χ1v) is 10.7. The Hall–Kier alpha value is -2.66. The van der Waals surface area contributed by atoms with Crippen LogP contribution in [0.1, 0.15) is 35.8 Å². The van der Waals surface area contributed by atoms with Crippen molar-refractivity contribution in [3.63, 3.8) is 0 Å². The molecule has 30 heavy (non-hydrogen) atoms. The van der Waals surface area contributed by atoms with Crippen molar-refractivity contribution in [2.24, 2.45) is 0 Å². The maximum absolute atomic E-state index is 10.8. The molecule has 2 N–H and O–H groups in total. The van der Waals surface area contributed by atoms with Crippen LogP contribution in [0, 0.1) is 0 Å².